The van der Waals surface area contributed by atoms with Crippen LogP contribution in [0, 0.1) is 5.82 Å². The molecule has 0 aliphatic rings. The molecule has 0 spiro atoms. The fraction of sp³-hybridized carbons (Fsp3) is 0.167. The normalized spacial score (nSPS) is 11.1. The van der Waals surface area contributed by atoms with Crippen molar-refractivity contribution in [3.05, 3.63) is 46.2 Å². The van der Waals surface area contributed by atoms with E-state index in [1.807, 2.05) is 4.72 Å². The van der Waals surface area contributed by atoms with E-state index in [1.54, 1.807) is 0 Å². The summed E-state index contributed by atoms with van der Waals surface area (Å²) in [7, 11) is -3.62. The Morgan fingerprint density at radius 3 is 2.67 bits per heavy atom. The number of amides is 1. The van der Waals surface area contributed by atoms with Gasteiger partial charge in [-0.15, -0.1) is 11.3 Å². The van der Waals surface area contributed by atoms with Crippen LogP contribution in [0.25, 0.3) is 0 Å². The Balaban J connectivity index is 1.97. The van der Waals surface area contributed by atoms with Crippen LogP contribution >= 0.6 is 11.3 Å². The molecule has 112 valence electrons. The fourth-order valence-electron chi connectivity index (χ4n) is 1.38. The lowest BCUT2D eigenvalue weighted by Crippen LogP contribution is -2.29. The molecule has 0 bridgehead atoms. The monoisotopic (exact) mass is 330 g/mol. The topological polar surface area (TPSA) is 85.4 Å². The third-order valence-electron chi connectivity index (χ3n) is 2.24. The molecule has 0 fully saturated rings. The molecule has 0 saturated heterocycles. The van der Waals surface area contributed by atoms with Gasteiger partial charge in [-0.1, -0.05) is 0 Å². The lowest BCUT2D eigenvalue weighted by atomic mass is 10.3. The number of nitrogens with zero attached hydrogens (tertiary/aromatic N) is 1. The van der Waals surface area contributed by atoms with E-state index in [4.69, 9.17) is 4.74 Å². The van der Waals surface area contributed by atoms with Crippen LogP contribution in [0.3, 0.4) is 0 Å². The molecule has 0 aliphatic heterocycles. The van der Waals surface area contributed by atoms with Crippen LogP contribution in [0.4, 0.5) is 4.39 Å². The first-order valence-electron chi connectivity index (χ1n) is 5.68. The predicted molar refractivity (Wildman–Crippen MR) is 75.2 cm³/mol. The van der Waals surface area contributed by atoms with Crippen molar-refractivity contribution < 1.29 is 22.3 Å². The summed E-state index contributed by atoms with van der Waals surface area (Å²) in [6.07, 6.45) is 0.885. The van der Waals surface area contributed by atoms with Crippen molar-refractivity contribution in [2.45, 2.75) is 6.61 Å². The van der Waals surface area contributed by atoms with Crippen molar-refractivity contribution >= 4 is 27.3 Å². The van der Waals surface area contributed by atoms with Gasteiger partial charge < -0.3 is 4.74 Å². The van der Waals surface area contributed by atoms with E-state index in [0.29, 0.717) is 10.8 Å². The van der Waals surface area contributed by atoms with Crippen LogP contribution in [0.5, 0.6) is 5.75 Å². The molecular formula is C12H11FN2O4S2. The molecule has 2 aromatic rings. The first-order valence-corrected chi connectivity index (χ1v) is 8.45. The molecule has 1 N–H and O–H groups in total. The molecule has 9 heteroatoms. The maximum Gasteiger partial charge on any atom is 0.284 e. The molecule has 1 amide bonds. The lowest BCUT2D eigenvalue weighted by molar-refractivity contribution is 0.0977. The van der Waals surface area contributed by atoms with E-state index in [-0.39, 0.29) is 18.1 Å². The van der Waals surface area contributed by atoms with Crippen LogP contribution in [0.15, 0.2) is 29.6 Å². The minimum absolute atomic E-state index is 0.00290. The van der Waals surface area contributed by atoms with Crippen molar-refractivity contribution in [1.29, 1.82) is 0 Å². The van der Waals surface area contributed by atoms with Gasteiger partial charge in [0, 0.05) is 5.38 Å². The second-order valence-electron chi connectivity index (χ2n) is 4.07. The Labute approximate surface area is 124 Å². The quantitative estimate of drug-likeness (QED) is 0.899. The number of halogens is 1. The molecule has 1 heterocycles. The van der Waals surface area contributed by atoms with Crippen molar-refractivity contribution in [3.63, 3.8) is 0 Å². The molecule has 1 aromatic heterocycles. The molecule has 2 rings (SSSR count). The number of aromatic nitrogens is 1. The molecular weight excluding hydrogens is 319 g/mol. The third-order valence-corrected chi connectivity index (χ3v) is 3.62. The highest BCUT2D eigenvalue weighted by Gasteiger charge is 2.14. The summed E-state index contributed by atoms with van der Waals surface area (Å²) in [6.45, 7) is 0.0997. The first-order chi connectivity index (χ1) is 9.83. The van der Waals surface area contributed by atoms with Crippen molar-refractivity contribution in [2.75, 3.05) is 6.26 Å². The van der Waals surface area contributed by atoms with E-state index in [0.717, 1.165) is 17.6 Å². The molecule has 6 nitrogen and oxygen atoms in total. The zero-order valence-electron chi connectivity index (χ0n) is 10.9. The number of rotatable bonds is 5. The number of carbonyl (C=O) groups is 1. The maximum absolute atomic E-state index is 12.7. The number of ether oxygens (including phenoxy) is 1. The van der Waals surface area contributed by atoms with Gasteiger partial charge in [-0.3, -0.25) is 4.79 Å². The van der Waals surface area contributed by atoms with Crippen LogP contribution < -0.4 is 9.46 Å². The average molecular weight is 330 g/mol. The van der Waals surface area contributed by atoms with Crippen molar-refractivity contribution in [2.24, 2.45) is 0 Å². The van der Waals surface area contributed by atoms with E-state index in [1.165, 1.54) is 29.6 Å². The second kappa shape index (κ2) is 6.19. The number of hydrogen-bond acceptors (Lipinski definition) is 6. The van der Waals surface area contributed by atoms with E-state index < -0.39 is 15.9 Å². The standard InChI is InChI=1S/C12H11FN2O4S2/c1-21(17,18)15-12(16)10-7-20-11(14-10)6-19-9-4-2-8(13)3-5-9/h2-5,7H,6H2,1H3,(H,15,16). The van der Waals surface area contributed by atoms with Crippen LogP contribution in [-0.2, 0) is 16.6 Å². The number of nitrogens with one attached hydrogen (secondary N) is 1. The summed E-state index contributed by atoms with van der Waals surface area (Å²) >= 11 is 1.16. The van der Waals surface area contributed by atoms with E-state index >= 15 is 0 Å². The number of carbonyl (C=O) groups excluding carboxylic acids is 1. The highest BCUT2D eigenvalue weighted by molar-refractivity contribution is 7.89. The Bertz CT molecular complexity index is 741. The summed E-state index contributed by atoms with van der Waals surface area (Å²) in [5.74, 6) is -0.688. The maximum atomic E-state index is 12.7. The summed E-state index contributed by atoms with van der Waals surface area (Å²) in [5.41, 5.74) is 0.00290. The highest BCUT2D eigenvalue weighted by Crippen LogP contribution is 2.16. The van der Waals surface area contributed by atoms with Gasteiger partial charge in [0.2, 0.25) is 10.0 Å². The minimum Gasteiger partial charge on any atom is -0.486 e. The highest BCUT2D eigenvalue weighted by atomic mass is 32.2. The number of hydrogen-bond donors (Lipinski definition) is 1. The largest absolute Gasteiger partial charge is 0.486 e. The summed E-state index contributed by atoms with van der Waals surface area (Å²) in [6, 6.07) is 5.48. The number of benzene rings is 1. The molecule has 0 saturated carbocycles. The SMILES string of the molecule is CS(=O)(=O)NC(=O)c1csc(COc2ccc(F)cc2)n1. The molecule has 0 radical (unpaired) electrons. The Morgan fingerprint density at radius 2 is 2.05 bits per heavy atom. The van der Waals surface area contributed by atoms with E-state index in [2.05, 4.69) is 4.98 Å². The minimum atomic E-state index is -3.62. The van der Waals surface area contributed by atoms with Crippen LogP contribution in [0.1, 0.15) is 15.5 Å². The molecule has 0 atom stereocenters. The first kappa shape index (κ1) is 15.4. The Morgan fingerprint density at radius 1 is 1.38 bits per heavy atom. The van der Waals surface area contributed by atoms with Crippen molar-refractivity contribution in [1.82, 2.24) is 9.71 Å². The van der Waals surface area contributed by atoms with Gasteiger partial charge in [0.05, 0.1) is 6.26 Å². The lowest BCUT2D eigenvalue weighted by Gasteiger charge is -2.03. The average Bonchev–Trinajstić information content (AvgIpc) is 2.85. The molecule has 0 unspecified atom stereocenters. The Hall–Kier alpha value is -2.00. The van der Waals surface area contributed by atoms with Gasteiger partial charge in [-0.05, 0) is 24.3 Å². The molecule has 0 aliphatic carbocycles. The van der Waals surface area contributed by atoms with Gasteiger partial charge in [0.25, 0.3) is 5.91 Å². The smallest absolute Gasteiger partial charge is 0.284 e. The van der Waals surface area contributed by atoms with Gasteiger partial charge in [0.15, 0.2) is 0 Å². The number of sulfonamides is 1. The zero-order chi connectivity index (χ0) is 15.5. The Kier molecular flexibility index (Phi) is 4.53. The third kappa shape index (κ3) is 4.80. The summed E-state index contributed by atoms with van der Waals surface area (Å²) in [4.78, 5) is 15.5. The fourth-order valence-corrected chi connectivity index (χ4v) is 2.50. The van der Waals surface area contributed by atoms with Gasteiger partial charge in [-0.25, -0.2) is 22.5 Å². The summed E-state index contributed by atoms with van der Waals surface area (Å²) < 4.78 is 41.8. The molecule has 21 heavy (non-hydrogen) atoms. The van der Waals surface area contributed by atoms with Gasteiger partial charge >= 0.3 is 0 Å². The number of thiazole rings is 1. The van der Waals surface area contributed by atoms with Crippen molar-refractivity contribution in [3.8, 4) is 5.75 Å². The predicted octanol–water partition coefficient (Wildman–Crippen LogP) is 1.55. The zero-order valence-corrected chi connectivity index (χ0v) is 12.5. The molecule has 1 aromatic carbocycles. The van der Waals surface area contributed by atoms with Gasteiger partial charge in [0.1, 0.15) is 28.9 Å². The van der Waals surface area contributed by atoms with Gasteiger partial charge in [-0.2, -0.15) is 0 Å². The second-order valence-corrected chi connectivity index (χ2v) is 6.76. The van der Waals surface area contributed by atoms with Crippen LogP contribution in [0.2, 0.25) is 0 Å². The summed E-state index contributed by atoms with van der Waals surface area (Å²) in [5, 5.41) is 1.93. The van der Waals surface area contributed by atoms with E-state index in [9.17, 15) is 17.6 Å². The van der Waals surface area contributed by atoms with Crippen LogP contribution in [-0.4, -0.2) is 25.6 Å².